The molecule has 0 rings (SSSR count). The van der Waals surface area contributed by atoms with Crippen molar-refractivity contribution in [3.05, 3.63) is 0 Å². The van der Waals surface area contributed by atoms with Crippen LogP contribution in [-0.2, 0) is 17.9 Å². The van der Waals surface area contributed by atoms with Crippen molar-refractivity contribution in [1.82, 2.24) is 0 Å². The summed E-state index contributed by atoms with van der Waals surface area (Å²) in [4.78, 5) is 0. The van der Waals surface area contributed by atoms with Crippen LogP contribution in [-0.4, -0.2) is 0 Å². The number of hydrogen-bond donors (Lipinski definition) is 0. The van der Waals surface area contributed by atoms with Crippen molar-refractivity contribution in [3.63, 3.8) is 0 Å². The Hall–Kier alpha value is -0.340. The van der Waals surface area contributed by atoms with Gasteiger partial charge in [-0.05, 0) is 4.53 Å². The molecule has 52 valence electrons. The van der Waals surface area contributed by atoms with Crippen molar-refractivity contribution in [2.45, 2.75) is 0 Å². The molecule has 0 spiro atoms. The quantitative estimate of drug-likeness (QED) is 0.482. The number of nitriles is 1. The Morgan fingerprint density at radius 1 is 1.78 bits per heavy atom. The van der Waals surface area contributed by atoms with Crippen LogP contribution in [0.4, 0.5) is 4.53 Å². The average molecular weight is 175 g/mol. The maximum atomic E-state index is 11.0. The van der Waals surface area contributed by atoms with Crippen molar-refractivity contribution in [1.29, 1.82) is 5.26 Å². The van der Waals surface area contributed by atoms with Gasteiger partial charge in [-0.2, -0.15) is 4.08 Å². The SMILES string of the molecule is N#COP(=O)(OF)OCl. The number of rotatable bonds is 3. The third kappa shape index (κ3) is 2.63. The van der Waals surface area contributed by atoms with Gasteiger partial charge in [0.1, 0.15) is 0 Å². The molecule has 0 saturated carbocycles. The molecule has 0 saturated heterocycles. The fourth-order valence-corrected chi connectivity index (χ4v) is 0.415. The predicted octanol–water partition coefficient (Wildman–Crippen LogP) is 1.66. The highest BCUT2D eigenvalue weighted by Crippen LogP contribution is 2.50. The zero-order valence-electron chi connectivity index (χ0n) is 3.78. The van der Waals surface area contributed by atoms with Gasteiger partial charge in [-0.1, -0.05) is 4.73 Å². The molecule has 0 aliphatic heterocycles. The maximum Gasteiger partial charge on any atom is 0.588 e. The third-order valence-corrected chi connectivity index (χ3v) is 1.47. The highest BCUT2D eigenvalue weighted by atomic mass is 35.5. The lowest BCUT2D eigenvalue weighted by Crippen LogP contribution is -1.82. The number of hydrogen-bond acceptors (Lipinski definition) is 5. The molecule has 0 aliphatic carbocycles. The van der Waals surface area contributed by atoms with Crippen LogP contribution in [0.5, 0.6) is 0 Å². The zero-order chi connectivity index (χ0) is 7.33. The molecule has 1 atom stereocenters. The fourth-order valence-electron chi connectivity index (χ4n) is 0.0888. The van der Waals surface area contributed by atoms with Crippen molar-refractivity contribution in [2.24, 2.45) is 0 Å². The Balaban J connectivity index is 3.98. The van der Waals surface area contributed by atoms with Crippen molar-refractivity contribution in [2.75, 3.05) is 0 Å². The van der Waals surface area contributed by atoms with E-state index in [-0.39, 0.29) is 0 Å². The Kier molecular flexibility index (Phi) is 3.50. The van der Waals surface area contributed by atoms with Crippen LogP contribution < -0.4 is 0 Å². The zero-order valence-corrected chi connectivity index (χ0v) is 5.43. The second-order valence-electron chi connectivity index (χ2n) is 0.768. The van der Waals surface area contributed by atoms with E-state index in [9.17, 15) is 9.09 Å². The van der Waals surface area contributed by atoms with Gasteiger partial charge in [-0.25, -0.2) is 4.57 Å². The third-order valence-electron chi connectivity index (χ3n) is 0.322. The molecule has 9 heavy (non-hydrogen) atoms. The largest absolute Gasteiger partial charge is 0.588 e. The van der Waals surface area contributed by atoms with Crippen molar-refractivity contribution >= 4 is 19.7 Å². The summed E-state index contributed by atoms with van der Waals surface area (Å²) >= 11 is 4.38. The molecule has 5 nitrogen and oxygen atoms in total. The topological polar surface area (TPSA) is 68.5 Å². The maximum absolute atomic E-state index is 11.0. The smallest absolute Gasteiger partial charge is 0.325 e. The first kappa shape index (κ1) is 8.66. The lowest BCUT2D eigenvalue weighted by atomic mass is 11.6. The van der Waals surface area contributed by atoms with E-state index >= 15 is 0 Å². The average Bonchev–Trinajstić information content (AvgIpc) is 1.89. The van der Waals surface area contributed by atoms with E-state index in [1.807, 2.05) is 0 Å². The summed E-state index contributed by atoms with van der Waals surface area (Å²) in [7, 11) is -4.44. The van der Waals surface area contributed by atoms with Gasteiger partial charge in [0.2, 0.25) is 0 Å². The Bertz CT molecular complexity index is 158. The molecular formula is CClFNO4P. The lowest BCUT2D eigenvalue weighted by Gasteiger charge is -1.99. The monoisotopic (exact) mass is 175 g/mol. The predicted molar refractivity (Wildman–Crippen MR) is 23.4 cm³/mol. The molecule has 0 aromatic carbocycles. The molecule has 8 heteroatoms. The highest BCUT2D eigenvalue weighted by molar-refractivity contribution is 7.49. The van der Waals surface area contributed by atoms with Crippen LogP contribution in [0, 0.1) is 11.5 Å². The molecular weight excluding hydrogens is 175 g/mol. The van der Waals surface area contributed by atoms with Gasteiger partial charge in [0.25, 0.3) is 6.26 Å². The van der Waals surface area contributed by atoms with Gasteiger partial charge >= 0.3 is 7.82 Å². The Morgan fingerprint density at radius 2 is 2.33 bits per heavy atom. The van der Waals surface area contributed by atoms with Gasteiger partial charge in [-0.3, -0.25) is 0 Å². The number of nitrogens with zero attached hydrogens (tertiary/aromatic N) is 1. The van der Waals surface area contributed by atoms with E-state index in [4.69, 9.17) is 5.26 Å². The van der Waals surface area contributed by atoms with E-state index in [1.54, 1.807) is 0 Å². The molecule has 0 aromatic heterocycles. The molecule has 0 aliphatic rings. The minimum atomic E-state index is -4.44. The Labute approximate surface area is 54.6 Å². The molecule has 0 heterocycles. The van der Waals surface area contributed by atoms with Crippen molar-refractivity contribution in [3.8, 4) is 6.26 Å². The summed E-state index contributed by atoms with van der Waals surface area (Å²) in [6, 6.07) is 0. The molecule has 0 aromatic rings. The van der Waals surface area contributed by atoms with Gasteiger partial charge in [0, 0.05) is 0 Å². The van der Waals surface area contributed by atoms with E-state index < -0.39 is 7.82 Å². The molecule has 0 amide bonds. The summed E-state index contributed by atoms with van der Waals surface area (Å²) in [6.07, 6.45) is 0.873. The summed E-state index contributed by atoms with van der Waals surface area (Å²) in [5.41, 5.74) is 0. The number of phosphoric acid groups is 1. The summed E-state index contributed by atoms with van der Waals surface area (Å²) in [5, 5.41) is 7.63. The standard InChI is InChI=1S/CClFNO4P/c2-7-9(5,8-3)6-1-4. The second-order valence-corrected chi connectivity index (χ2v) is 2.53. The van der Waals surface area contributed by atoms with Crippen LogP contribution in [0.2, 0.25) is 0 Å². The van der Waals surface area contributed by atoms with Gasteiger partial charge in [0.15, 0.2) is 0 Å². The normalized spacial score (nSPS) is 15.7. The van der Waals surface area contributed by atoms with E-state index in [2.05, 4.69) is 25.2 Å². The van der Waals surface area contributed by atoms with E-state index in [0.29, 0.717) is 0 Å². The molecule has 0 radical (unpaired) electrons. The minimum Gasteiger partial charge on any atom is -0.325 e. The molecule has 1 unspecified atom stereocenters. The summed E-state index contributed by atoms with van der Waals surface area (Å²) in [5.74, 6) is 0. The van der Waals surface area contributed by atoms with Crippen LogP contribution in [0.1, 0.15) is 0 Å². The van der Waals surface area contributed by atoms with Crippen LogP contribution in [0.15, 0.2) is 0 Å². The molecule has 0 fully saturated rings. The fraction of sp³-hybridized carbons (Fsp3) is 0. The first-order chi connectivity index (χ1) is 4.18. The van der Waals surface area contributed by atoms with Crippen molar-refractivity contribution < 1.29 is 22.4 Å². The lowest BCUT2D eigenvalue weighted by molar-refractivity contribution is -0.0358. The molecule has 0 N–H and O–H groups in total. The summed E-state index contributed by atoms with van der Waals surface area (Å²) in [6.45, 7) is 0. The van der Waals surface area contributed by atoms with E-state index in [0.717, 1.165) is 6.26 Å². The van der Waals surface area contributed by atoms with Gasteiger partial charge in [-0.15, -0.1) is 5.26 Å². The van der Waals surface area contributed by atoms with Gasteiger partial charge in [0.05, 0.1) is 11.9 Å². The number of halogens is 2. The first-order valence-electron chi connectivity index (χ1n) is 1.47. The van der Waals surface area contributed by atoms with Gasteiger partial charge < -0.3 is 4.52 Å². The van der Waals surface area contributed by atoms with Crippen LogP contribution >= 0.6 is 19.7 Å². The molecule has 0 bridgehead atoms. The van der Waals surface area contributed by atoms with E-state index in [1.165, 1.54) is 0 Å². The highest BCUT2D eigenvalue weighted by Gasteiger charge is 2.29. The Morgan fingerprint density at radius 3 is 2.44 bits per heavy atom. The van der Waals surface area contributed by atoms with Crippen LogP contribution in [0.3, 0.4) is 0 Å². The minimum absolute atomic E-state index is 0.873. The summed E-state index contributed by atoms with van der Waals surface area (Å²) < 4.78 is 30.5. The van der Waals surface area contributed by atoms with Crippen LogP contribution in [0.25, 0.3) is 0 Å². The second kappa shape index (κ2) is 3.64. The first-order valence-corrected chi connectivity index (χ1v) is 3.24.